The summed E-state index contributed by atoms with van der Waals surface area (Å²) in [7, 11) is -3.79. The summed E-state index contributed by atoms with van der Waals surface area (Å²) in [4.78, 5) is 0. The molecule has 0 aromatic carbocycles. The summed E-state index contributed by atoms with van der Waals surface area (Å²) in [5.41, 5.74) is 0. The Balaban J connectivity index is -0.00000264. The van der Waals surface area contributed by atoms with Crippen LogP contribution in [0.15, 0.2) is 12.2 Å². The van der Waals surface area contributed by atoms with E-state index >= 15 is 0 Å². The molecule has 5 heteroatoms. The van der Waals surface area contributed by atoms with Crippen molar-refractivity contribution in [1.82, 2.24) is 0 Å². The van der Waals surface area contributed by atoms with Gasteiger partial charge in [0.05, 0.1) is 5.75 Å². The first-order valence-corrected chi connectivity index (χ1v) is 11.7. The predicted molar refractivity (Wildman–Crippen MR) is 106 cm³/mol. The minimum Gasteiger partial charge on any atom is -1.00 e. The van der Waals surface area contributed by atoms with Crippen LogP contribution in [0.5, 0.6) is 0 Å². The normalized spacial score (nSPS) is 13.1. The third-order valence-electron chi connectivity index (χ3n) is 4.58. The molecule has 0 radical (unpaired) electrons. The van der Waals surface area contributed by atoms with Gasteiger partial charge in [-0.2, -0.15) is 8.42 Å². The maximum atomic E-state index is 10.7. The van der Waals surface area contributed by atoms with Gasteiger partial charge < -0.3 is 1.43 Å². The molecule has 0 aliphatic rings. The first-order chi connectivity index (χ1) is 11.5. The summed E-state index contributed by atoms with van der Waals surface area (Å²) in [6, 6.07) is 0. The van der Waals surface area contributed by atoms with Gasteiger partial charge in [0.25, 0.3) is 10.1 Å². The van der Waals surface area contributed by atoms with Crippen LogP contribution >= 0.6 is 0 Å². The van der Waals surface area contributed by atoms with Crippen molar-refractivity contribution < 1.29 is 44.0 Å². The second-order valence-corrected chi connectivity index (χ2v) is 8.77. The summed E-state index contributed by atoms with van der Waals surface area (Å²) in [5, 5.41) is 0. The molecule has 0 amide bonds. The van der Waals surface area contributed by atoms with Gasteiger partial charge in [-0.1, -0.05) is 83.8 Å². The maximum absolute atomic E-state index is 10.7. The van der Waals surface area contributed by atoms with E-state index in [-0.39, 0.29) is 36.7 Å². The van der Waals surface area contributed by atoms with Gasteiger partial charge in [-0.15, -0.1) is 0 Å². The van der Waals surface area contributed by atoms with Gasteiger partial charge in [0.2, 0.25) is 0 Å². The molecule has 1 N–H and O–H groups in total. The van der Waals surface area contributed by atoms with Crippen molar-refractivity contribution in [2.75, 3.05) is 5.75 Å². The van der Waals surface area contributed by atoms with Gasteiger partial charge >= 0.3 is 29.6 Å². The fourth-order valence-corrected chi connectivity index (χ4v) is 3.58. The second kappa shape index (κ2) is 19.4. The van der Waals surface area contributed by atoms with Crippen molar-refractivity contribution in [3.8, 4) is 0 Å². The Hall–Kier alpha value is 0.650. The molecule has 0 aromatic rings. The number of allylic oxidation sites excluding steroid dienone is 2. The Morgan fingerprint density at radius 3 is 1.84 bits per heavy atom. The molecule has 0 saturated carbocycles. The van der Waals surface area contributed by atoms with Crippen LogP contribution in [-0.2, 0) is 10.1 Å². The van der Waals surface area contributed by atoms with Gasteiger partial charge in [0.15, 0.2) is 0 Å². The van der Waals surface area contributed by atoms with E-state index in [0.29, 0.717) is 12.3 Å². The van der Waals surface area contributed by atoms with Crippen LogP contribution in [0.2, 0.25) is 0 Å². The third-order valence-corrected chi connectivity index (χ3v) is 5.33. The van der Waals surface area contributed by atoms with Gasteiger partial charge in [-0.3, -0.25) is 4.55 Å². The minimum atomic E-state index is -3.79. The summed E-state index contributed by atoms with van der Waals surface area (Å²) in [5.74, 6) is 0.279. The molecule has 0 saturated heterocycles. The molecule has 146 valence electrons. The Labute approximate surface area is 181 Å². The molecule has 1 unspecified atom stereocenters. The van der Waals surface area contributed by atoms with Crippen LogP contribution in [-0.4, -0.2) is 18.7 Å². The molecular formula is C20H41NaO3S. The molecule has 0 rings (SSSR count). The van der Waals surface area contributed by atoms with Crippen molar-refractivity contribution in [3.63, 3.8) is 0 Å². The standard InChI is InChI=1S/C20H40O3S.Na.H/c1-3-4-5-6-7-8-9-10-11-12-13-14-15-16-17-20(2)18-19-24(21,22)23;;/h10-11,20H,3-9,12-19H2,1-2H3,(H,21,22,23);;/q;+1;-1/b11-10-;;. The Kier molecular flexibility index (Phi) is 21.6. The van der Waals surface area contributed by atoms with Crippen molar-refractivity contribution in [2.45, 2.75) is 104 Å². The zero-order chi connectivity index (χ0) is 18.1. The van der Waals surface area contributed by atoms with Crippen LogP contribution in [0.3, 0.4) is 0 Å². The van der Waals surface area contributed by atoms with Crippen LogP contribution in [0, 0.1) is 5.92 Å². The van der Waals surface area contributed by atoms with E-state index in [0.717, 1.165) is 12.8 Å². The first-order valence-electron chi connectivity index (χ1n) is 10.1. The number of unbranched alkanes of at least 4 members (excludes halogenated alkanes) is 10. The zero-order valence-corrected chi connectivity index (χ0v) is 19.8. The fourth-order valence-electron chi connectivity index (χ4n) is 2.88. The molecule has 0 aliphatic carbocycles. The van der Waals surface area contributed by atoms with E-state index in [1.54, 1.807) is 0 Å². The maximum Gasteiger partial charge on any atom is 1.00 e. The van der Waals surface area contributed by atoms with Crippen LogP contribution < -0.4 is 29.6 Å². The second-order valence-electron chi connectivity index (χ2n) is 7.20. The molecule has 0 spiro atoms. The molecule has 1 atom stereocenters. The van der Waals surface area contributed by atoms with Crippen LogP contribution in [0.1, 0.15) is 105 Å². The first kappa shape index (κ1) is 27.9. The van der Waals surface area contributed by atoms with E-state index in [1.165, 1.54) is 70.6 Å². The summed E-state index contributed by atoms with van der Waals surface area (Å²) < 4.78 is 30.1. The Bertz CT molecular complexity index is 400. The molecule has 25 heavy (non-hydrogen) atoms. The van der Waals surface area contributed by atoms with Crippen molar-refractivity contribution in [3.05, 3.63) is 12.2 Å². The summed E-state index contributed by atoms with van der Waals surface area (Å²) in [6.07, 6.45) is 21.8. The molecule has 0 fully saturated rings. The van der Waals surface area contributed by atoms with E-state index < -0.39 is 10.1 Å². The molecule has 0 heterocycles. The molecule has 0 aliphatic heterocycles. The van der Waals surface area contributed by atoms with E-state index in [9.17, 15) is 8.42 Å². The summed E-state index contributed by atoms with van der Waals surface area (Å²) >= 11 is 0. The SMILES string of the molecule is CCCCCCCC/C=C\CCCCCCC(C)CCS(=O)(=O)O.[H-].[Na+]. The van der Waals surface area contributed by atoms with Gasteiger partial charge in [0.1, 0.15) is 0 Å². The van der Waals surface area contributed by atoms with Gasteiger partial charge in [-0.25, -0.2) is 0 Å². The van der Waals surface area contributed by atoms with Gasteiger partial charge in [0, 0.05) is 0 Å². The largest absolute Gasteiger partial charge is 1.00 e. The zero-order valence-electron chi connectivity index (χ0n) is 18.0. The third kappa shape index (κ3) is 24.6. The van der Waals surface area contributed by atoms with E-state index in [2.05, 4.69) is 26.0 Å². The van der Waals surface area contributed by atoms with Crippen molar-refractivity contribution >= 4 is 10.1 Å². The topological polar surface area (TPSA) is 54.4 Å². The predicted octanol–water partition coefficient (Wildman–Crippen LogP) is 3.66. The van der Waals surface area contributed by atoms with E-state index in [1.807, 2.05) is 0 Å². The molecular weight excluding hydrogens is 343 g/mol. The monoisotopic (exact) mass is 384 g/mol. The van der Waals surface area contributed by atoms with Crippen molar-refractivity contribution in [2.24, 2.45) is 5.92 Å². The minimum absolute atomic E-state index is 0. The quantitative estimate of drug-likeness (QED) is 0.180. The number of hydrogen-bond acceptors (Lipinski definition) is 2. The fraction of sp³-hybridized carbons (Fsp3) is 0.900. The number of rotatable bonds is 17. The van der Waals surface area contributed by atoms with Crippen molar-refractivity contribution in [1.29, 1.82) is 0 Å². The Morgan fingerprint density at radius 2 is 1.32 bits per heavy atom. The van der Waals surface area contributed by atoms with E-state index in [4.69, 9.17) is 4.55 Å². The summed E-state index contributed by atoms with van der Waals surface area (Å²) in [6.45, 7) is 4.32. The molecule has 3 nitrogen and oxygen atoms in total. The Morgan fingerprint density at radius 1 is 0.840 bits per heavy atom. The average molecular weight is 385 g/mol. The number of hydrogen-bond donors (Lipinski definition) is 1. The van der Waals surface area contributed by atoms with Crippen LogP contribution in [0.4, 0.5) is 0 Å². The van der Waals surface area contributed by atoms with Gasteiger partial charge in [-0.05, 0) is 38.0 Å². The average Bonchev–Trinajstić information content (AvgIpc) is 2.52. The molecule has 0 aromatic heterocycles. The van der Waals surface area contributed by atoms with Crippen LogP contribution in [0.25, 0.3) is 0 Å². The smallest absolute Gasteiger partial charge is 1.00 e. The molecule has 0 bridgehead atoms.